The molecule has 16 heavy (non-hydrogen) atoms. The minimum Gasteiger partial charge on any atom is -0.392 e. The van der Waals surface area contributed by atoms with Gasteiger partial charge < -0.3 is 10.4 Å². The second-order valence-corrected chi connectivity index (χ2v) is 3.62. The van der Waals surface area contributed by atoms with Crippen molar-refractivity contribution in [2.24, 2.45) is 0 Å². The van der Waals surface area contributed by atoms with Crippen molar-refractivity contribution in [3.8, 4) is 6.07 Å². The van der Waals surface area contributed by atoms with Crippen LogP contribution in [0.5, 0.6) is 0 Å². The molecule has 4 heteroatoms. The highest BCUT2D eigenvalue weighted by Gasteiger charge is 2.03. The van der Waals surface area contributed by atoms with Gasteiger partial charge in [-0.2, -0.15) is 5.26 Å². The average Bonchev–Trinajstić information content (AvgIpc) is 2.31. The van der Waals surface area contributed by atoms with Crippen LogP contribution in [-0.2, 0) is 6.54 Å². The van der Waals surface area contributed by atoms with Crippen molar-refractivity contribution >= 4 is 0 Å². The molecule has 1 aromatic rings. The largest absolute Gasteiger partial charge is 0.392 e. The summed E-state index contributed by atoms with van der Waals surface area (Å²) in [5.41, 5.74) is 0.886. The van der Waals surface area contributed by atoms with Crippen LogP contribution in [-0.4, -0.2) is 17.8 Å². The van der Waals surface area contributed by atoms with Gasteiger partial charge in [0.2, 0.25) is 0 Å². The molecule has 0 heterocycles. The summed E-state index contributed by atoms with van der Waals surface area (Å²) in [6.07, 6.45) is 0.329. The van der Waals surface area contributed by atoms with Crippen molar-refractivity contribution in [3.05, 3.63) is 35.1 Å². The fraction of sp³-hybridized carbons (Fsp3) is 0.417. The van der Waals surface area contributed by atoms with Crippen molar-refractivity contribution in [1.29, 1.82) is 5.26 Å². The molecule has 0 amide bonds. The van der Waals surface area contributed by atoms with E-state index in [1.165, 1.54) is 12.1 Å². The smallest absolute Gasteiger partial charge is 0.140 e. The number of nitrogens with one attached hydrogen (secondary N) is 1. The fourth-order valence-electron chi connectivity index (χ4n) is 1.30. The van der Waals surface area contributed by atoms with E-state index in [4.69, 9.17) is 5.26 Å². The van der Waals surface area contributed by atoms with Gasteiger partial charge in [-0.25, -0.2) is 4.39 Å². The number of rotatable bonds is 5. The third-order valence-corrected chi connectivity index (χ3v) is 2.33. The van der Waals surface area contributed by atoms with E-state index in [9.17, 15) is 9.50 Å². The Bertz CT molecular complexity index is 387. The standard InChI is InChI=1S/C12H15FN2O/c1-2-11(16)8-15-7-9-3-4-12(13)10(5-9)6-14/h3-5,11,15-16H,2,7-8H2,1H3. The number of nitriles is 1. The minimum absolute atomic E-state index is 0.0512. The summed E-state index contributed by atoms with van der Waals surface area (Å²) in [7, 11) is 0. The molecule has 3 nitrogen and oxygen atoms in total. The molecule has 0 aliphatic carbocycles. The molecule has 0 aliphatic heterocycles. The quantitative estimate of drug-likeness (QED) is 0.794. The van der Waals surface area contributed by atoms with Gasteiger partial charge in [0.25, 0.3) is 0 Å². The van der Waals surface area contributed by atoms with Crippen molar-refractivity contribution in [2.45, 2.75) is 26.0 Å². The number of nitrogens with zero attached hydrogens (tertiary/aromatic N) is 1. The first kappa shape index (κ1) is 12.6. The average molecular weight is 222 g/mol. The molecule has 0 spiro atoms. The Morgan fingerprint density at radius 1 is 1.56 bits per heavy atom. The lowest BCUT2D eigenvalue weighted by molar-refractivity contribution is 0.167. The van der Waals surface area contributed by atoms with E-state index in [1.54, 1.807) is 12.1 Å². The predicted octanol–water partition coefficient (Wildman–Crippen LogP) is 1.56. The van der Waals surface area contributed by atoms with E-state index >= 15 is 0 Å². The van der Waals surface area contributed by atoms with Crippen molar-refractivity contribution < 1.29 is 9.50 Å². The van der Waals surface area contributed by atoms with Gasteiger partial charge in [-0.1, -0.05) is 13.0 Å². The zero-order valence-electron chi connectivity index (χ0n) is 9.20. The Morgan fingerprint density at radius 3 is 2.94 bits per heavy atom. The van der Waals surface area contributed by atoms with Crippen LogP contribution >= 0.6 is 0 Å². The Labute approximate surface area is 94.5 Å². The van der Waals surface area contributed by atoms with E-state index in [1.807, 2.05) is 6.92 Å². The fourth-order valence-corrected chi connectivity index (χ4v) is 1.30. The Hall–Kier alpha value is -1.44. The van der Waals surface area contributed by atoms with Crippen molar-refractivity contribution in [1.82, 2.24) is 5.32 Å². The molecule has 0 radical (unpaired) electrons. The lowest BCUT2D eigenvalue weighted by Gasteiger charge is -2.09. The summed E-state index contributed by atoms with van der Waals surface area (Å²) < 4.78 is 13.0. The second kappa shape index (κ2) is 6.21. The second-order valence-electron chi connectivity index (χ2n) is 3.62. The van der Waals surface area contributed by atoms with E-state index in [0.29, 0.717) is 19.5 Å². The lowest BCUT2D eigenvalue weighted by atomic mass is 10.1. The van der Waals surface area contributed by atoms with E-state index < -0.39 is 5.82 Å². The molecule has 2 N–H and O–H groups in total. The first-order chi connectivity index (χ1) is 7.67. The van der Waals surface area contributed by atoms with Crippen LogP contribution in [0.4, 0.5) is 4.39 Å². The summed E-state index contributed by atoms with van der Waals surface area (Å²) in [4.78, 5) is 0. The van der Waals surface area contributed by atoms with Gasteiger partial charge in [0.05, 0.1) is 11.7 Å². The number of halogens is 1. The molecule has 0 bridgehead atoms. The molecular weight excluding hydrogens is 207 g/mol. The maximum atomic E-state index is 13.0. The van der Waals surface area contributed by atoms with Crippen LogP contribution in [0, 0.1) is 17.1 Å². The molecule has 1 aromatic carbocycles. The molecule has 1 unspecified atom stereocenters. The zero-order valence-corrected chi connectivity index (χ0v) is 9.20. The van der Waals surface area contributed by atoms with Crippen LogP contribution in [0.1, 0.15) is 24.5 Å². The normalized spacial score (nSPS) is 12.1. The summed E-state index contributed by atoms with van der Waals surface area (Å²) in [5.74, 6) is -0.500. The highest BCUT2D eigenvalue weighted by Crippen LogP contribution is 2.09. The maximum Gasteiger partial charge on any atom is 0.140 e. The minimum atomic E-state index is -0.500. The predicted molar refractivity (Wildman–Crippen MR) is 59.1 cm³/mol. The number of hydrogen-bond acceptors (Lipinski definition) is 3. The maximum absolute atomic E-state index is 13.0. The molecule has 0 saturated carbocycles. The van der Waals surface area contributed by atoms with Crippen LogP contribution in [0.3, 0.4) is 0 Å². The topological polar surface area (TPSA) is 56.0 Å². The number of benzene rings is 1. The molecule has 0 aromatic heterocycles. The third kappa shape index (κ3) is 3.61. The van der Waals surface area contributed by atoms with Crippen molar-refractivity contribution in [3.63, 3.8) is 0 Å². The van der Waals surface area contributed by atoms with Gasteiger partial charge in [0.1, 0.15) is 11.9 Å². The van der Waals surface area contributed by atoms with Crippen LogP contribution in [0.2, 0.25) is 0 Å². The van der Waals surface area contributed by atoms with Gasteiger partial charge in [-0.3, -0.25) is 0 Å². The van der Waals surface area contributed by atoms with E-state index in [2.05, 4.69) is 5.32 Å². The van der Waals surface area contributed by atoms with Crippen molar-refractivity contribution in [2.75, 3.05) is 6.54 Å². The molecular formula is C12H15FN2O. The van der Waals surface area contributed by atoms with Crippen LogP contribution in [0.25, 0.3) is 0 Å². The van der Waals surface area contributed by atoms with Gasteiger partial charge in [0.15, 0.2) is 0 Å². The van der Waals surface area contributed by atoms with Gasteiger partial charge in [0, 0.05) is 13.1 Å². The monoisotopic (exact) mass is 222 g/mol. The number of hydrogen-bond donors (Lipinski definition) is 2. The Kier molecular flexibility index (Phi) is 4.90. The summed E-state index contributed by atoms with van der Waals surface area (Å²) >= 11 is 0. The van der Waals surface area contributed by atoms with E-state index in [-0.39, 0.29) is 11.7 Å². The zero-order chi connectivity index (χ0) is 12.0. The van der Waals surface area contributed by atoms with Crippen LogP contribution in [0.15, 0.2) is 18.2 Å². The molecule has 86 valence electrons. The molecule has 0 saturated heterocycles. The van der Waals surface area contributed by atoms with Gasteiger partial charge in [-0.05, 0) is 24.1 Å². The van der Waals surface area contributed by atoms with Gasteiger partial charge in [-0.15, -0.1) is 0 Å². The molecule has 0 aliphatic rings. The summed E-state index contributed by atoms with van der Waals surface area (Å²) in [5, 5.41) is 21.0. The Morgan fingerprint density at radius 2 is 2.31 bits per heavy atom. The summed E-state index contributed by atoms with van der Waals surface area (Å²) in [6.45, 7) is 2.92. The van der Waals surface area contributed by atoms with E-state index in [0.717, 1.165) is 5.56 Å². The molecule has 1 rings (SSSR count). The molecule has 0 fully saturated rings. The third-order valence-electron chi connectivity index (χ3n) is 2.33. The first-order valence-electron chi connectivity index (χ1n) is 5.24. The number of aliphatic hydroxyl groups excluding tert-OH is 1. The number of aliphatic hydroxyl groups is 1. The van der Waals surface area contributed by atoms with Crippen LogP contribution < -0.4 is 5.32 Å². The first-order valence-corrected chi connectivity index (χ1v) is 5.24. The summed E-state index contributed by atoms with van der Waals surface area (Å²) in [6, 6.07) is 6.22. The highest BCUT2D eigenvalue weighted by atomic mass is 19.1. The van der Waals surface area contributed by atoms with Gasteiger partial charge >= 0.3 is 0 Å². The Balaban J connectivity index is 2.52. The lowest BCUT2D eigenvalue weighted by Crippen LogP contribution is -2.25. The SMILES string of the molecule is CCC(O)CNCc1ccc(F)c(C#N)c1. The molecule has 1 atom stereocenters. The highest BCUT2D eigenvalue weighted by molar-refractivity contribution is 5.34.